The van der Waals surface area contributed by atoms with Crippen LogP contribution in [-0.4, -0.2) is 56.6 Å². The molecular formula is C26H33N3O3. The maximum absolute atomic E-state index is 10.9. The van der Waals surface area contributed by atoms with Crippen molar-refractivity contribution in [3.8, 4) is 5.75 Å². The van der Waals surface area contributed by atoms with Gasteiger partial charge >= 0.3 is 0 Å². The van der Waals surface area contributed by atoms with Gasteiger partial charge in [-0.15, -0.1) is 0 Å². The third kappa shape index (κ3) is 5.04. The van der Waals surface area contributed by atoms with Crippen LogP contribution in [0.4, 0.5) is 0 Å². The number of imidazole rings is 1. The van der Waals surface area contributed by atoms with Crippen LogP contribution < -0.4 is 4.74 Å². The van der Waals surface area contributed by atoms with Crippen LogP contribution >= 0.6 is 0 Å². The lowest BCUT2D eigenvalue weighted by molar-refractivity contribution is 0.0640. The predicted molar refractivity (Wildman–Crippen MR) is 125 cm³/mol. The number of ether oxygens (including phenoxy) is 1. The van der Waals surface area contributed by atoms with E-state index in [0.29, 0.717) is 19.7 Å². The fourth-order valence-electron chi connectivity index (χ4n) is 4.70. The molecule has 0 spiro atoms. The SMILES string of the molecule is Cc1ccccc1[C@H]1CN(Cc2cccc(OCCCn3ccnc3C)c2)[C@H](CO)[C@@H]1O. The van der Waals surface area contributed by atoms with Crippen molar-refractivity contribution in [2.45, 2.75) is 51.4 Å². The topological polar surface area (TPSA) is 70.8 Å². The average molecular weight is 436 g/mol. The van der Waals surface area contributed by atoms with Gasteiger partial charge in [-0.2, -0.15) is 0 Å². The summed E-state index contributed by atoms with van der Waals surface area (Å²) in [6.07, 6.45) is 4.12. The van der Waals surface area contributed by atoms with Crippen LogP contribution in [0.5, 0.6) is 5.75 Å². The summed E-state index contributed by atoms with van der Waals surface area (Å²) in [6.45, 7) is 6.92. The van der Waals surface area contributed by atoms with Crippen molar-refractivity contribution in [1.82, 2.24) is 14.5 Å². The number of benzene rings is 2. The molecule has 3 atom stereocenters. The van der Waals surface area contributed by atoms with Crippen molar-refractivity contribution in [2.24, 2.45) is 0 Å². The third-order valence-electron chi connectivity index (χ3n) is 6.50. The molecule has 1 saturated heterocycles. The van der Waals surface area contributed by atoms with Crippen LogP contribution in [0.2, 0.25) is 0 Å². The Morgan fingerprint density at radius 2 is 1.97 bits per heavy atom. The van der Waals surface area contributed by atoms with Crippen molar-refractivity contribution in [1.29, 1.82) is 0 Å². The Balaban J connectivity index is 1.37. The molecule has 170 valence electrons. The molecule has 1 aliphatic rings. The van der Waals surface area contributed by atoms with E-state index in [4.69, 9.17) is 4.74 Å². The first kappa shape index (κ1) is 22.5. The van der Waals surface area contributed by atoms with Crippen LogP contribution in [0.3, 0.4) is 0 Å². The fraction of sp³-hybridized carbons (Fsp3) is 0.423. The Morgan fingerprint density at radius 3 is 2.72 bits per heavy atom. The van der Waals surface area contributed by atoms with Crippen molar-refractivity contribution in [2.75, 3.05) is 19.8 Å². The Bertz CT molecular complexity index is 1020. The molecule has 0 saturated carbocycles. The summed E-state index contributed by atoms with van der Waals surface area (Å²) in [5.74, 6) is 1.86. The minimum Gasteiger partial charge on any atom is -0.494 e. The zero-order valence-electron chi connectivity index (χ0n) is 18.9. The van der Waals surface area contributed by atoms with Gasteiger partial charge in [0.2, 0.25) is 0 Å². The normalized spacial score (nSPS) is 21.2. The number of aryl methyl sites for hydroxylation is 3. The van der Waals surface area contributed by atoms with Gasteiger partial charge in [-0.05, 0) is 49.1 Å². The molecule has 32 heavy (non-hydrogen) atoms. The second kappa shape index (κ2) is 10.3. The molecule has 6 nitrogen and oxygen atoms in total. The number of aliphatic hydroxyl groups is 2. The molecule has 2 aromatic carbocycles. The van der Waals surface area contributed by atoms with Gasteiger partial charge in [-0.25, -0.2) is 4.98 Å². The fourth-order valence-corrected chi connectivity index (χ4v) is 4.70. The van der Waals surface area contributed by atoms with Gasteiger partial charge in [0.05, 0.1) is 25.4 Å². The van der Waals surface area contributed by atoms with Crippen LogP contribution in [0.15, 0.2) is 60.9 Å². The Morgan fingerprint density at radius 1 is 1.12 bits per heavy atom. The summed E-state index contributed by atoms with van der Waals surface area (Å²) in [4.78, 5) is 6.43. The number of hydrogen-bond donors (Lipinski definition) is 2. The van der Waals surface area contributed by atoms with E-state index in [9.17, 15) is 10.2 Å². The van der Waals surface area contributed by atoms with E-state index in [1.54, 1.807) is 0 Å². The van der Waals surface area contributed by atoms with Gasteiger partial charge in [0, 0.05) is 37.9 Å². The molecule has 1 aromatic heterocycles. The van der Waals surface area contributed by atoms with E-state index in [2.05, 4.69) is 45.6 Å². The van der Waals surface area contributed by atoms with Gasteiger partial charge in [-0.1, -0.05) is 36.4 Å². The monoisotopic (exact) mass is 435 g/mol. The summed E-state index contributed by atoms with van der Waals surface area (Å²) in [5, 5.41) is 20.9. The Kier molecular flexibility index (Phi) is 7.25. The van der Waals surface area contributed by atoms with Gasteiger partial charge in [0.1, 0.15) is 11.6 Å². The van der Waals surface area contributed by atoms with Gasteiger partial charge in [-0.3, -0.25) is 4.90 Å². The highest BCUT2D eigenvalue weighted by Crippen LogP contribution is 2.34. The number of rotatable bonds is 9. The molecule has 2 N–H and O–H groups in total. The number of aromatic nitrogens is 2. The lowest BCUT2D eigenvalue weighted by Crippen LogP contribution is -2.38. The Hall–Kier alpha value is -2.67. The second-order valence-electron chi connectivity index (χ2n) is 8.65. The molecule has 0 radical (unpaired) electrons. The highest BCUT2D eigenvalue weighted by molar-refractivity contribution is 5.33. The van der Waals surface area contributed by atoms with Crippen molar-refractivity contribution in [3.63, 3.8) is 0 Å². The average Bonchev–Trinajstić information content (AvgIpc) is 3.34. The maximum Gasteiger partial charge on any atom is 0.119 e. The largest absolute Gasteiger partial charge is 0.494 e. The number of nitrogens with zero attached hydrogens (tertiary/aromatic N) is 3. The second-order valence-corrected chi connectivity index (χ2v) is 8.65. The summed E-state index contributed by atoms with van der Waals surface area (Å²) in [7, 11) is 0. The van der Waals surface area contributed by atoms with E-state index < -0.39 is 6.10 Å². The zero-order valence-corrected chi connectivity index (χ0v) is 18.9. The number of likely N-dealkylation sites (tertiary alicyclic amines) is 1. The molecule has 1 aliphatic heterocycles. The first-order valence-electron chi connectivity index (χ1n) is 11.3. The van der Waals surface area contributed by atoms with Gasteiger partial charge in [0.15, 0.2) is 0 Å². The molecule has 3 aromatic rings. The van der Waals surface area contributed by atoms with Crippen LogP contribution in [0.25, 0.3) is 0 Å². The van der Waals surface area contributed by atoms with Crippen molar-refractivity contribution >= 4 is 0 Å². The van der Waals surface area contributed by atoms with E-state index in [1.807, 2.05) is 43.6 Å². The molecule has 6 heteroatoms. The lowest BCUT2D eigenvalue weighted by atomic mass is 9.90. The summed E-state index contributed by atoms with van der Waals surface area (Å²) in [5.41, 5.74) is 3.45. The number of aliphatic hydroxyl groups excluding tert-OH is 2. The maximum atomic E-state index is 10.9. The minimum absolute atomic E-state index is 0.000541. The molecule has 0 amide bonds. The van der Waals surface area contributed by atoms with E-state index in [1.165, 1.54) is 5.56 Å². The van der Waals surface area contributed by atoms with Crippen molar-refractivity contribution in [3.05, 3.63) is 83.4 Å². The standard InChI is InChI=1S/C26H33N3O3/c1-19-7-3-4-10-23(19)24-17-29(25(18-30)26(24)31)16-21-8-5-9-22(15-21)32-14-6-12-28-13-11-27-20(28)2/h3-5,7-11,13,15,24-26,30-31H,6,12,14,16-18H2,1-2H3/t24-,25-,26-/m1/s1. The molecular weight excluding hydrogens is 402 g/mol. The lowest BCUT2D eigenvalue weighted by Gasteiger charge is -2.24. The molecule has 4 rings (SSSR count). The highest BCUT2D eigenvalue weighted by atomic mass is 16.5. The summed E-state index contributed by atoms with van der Waals surface area (Å²) in [6, 6.07) is 16.0. The van der Waals surface area contributed by atoms with Crippen LogP contribution in [0.1, 0.15) is 34.9 Å². The van der Waals surface area contributed by atoms with E-state index in [-0.39, 0.29) is 18.6 Å². The smallest absolute Gasteiger partial charge is 0.119 e. The molecule has 0 aliphatic carbocycles. The summed E-state index contributed by atoms with van der Waals surface area (Å²) < 4.78 is 8.10. The summed E-state index contributed by atoms with van der Waals surface area (Å²) >= 11 is 0. The zero-order chi connectivity index (χ0) is 22.5. The molecule has 2 heterocycles. The van der Waals surface area contributed by atoms with Crippen molar-refractivity contribution < 1.29 is 14.9 Å². The predicted octanol–water partition coefficient (Wildman–Crippen LogP) is 3.29. The molecule has 0 bridgehead atoms. The highest BCUT2D eigenvalue weighted by Gasteiger charge is 2.41. The van der Waals surface area contributed by atoms with Gasteiger partial charge < -0.3 is 19.5 Å². The first-order chi connectivity index (χ1) is 15.6. The third-order valence-corrected chi connectivity index (χ3v) is 6.50. The van der Waals surface area contributed by atoms with Crippen LogP contribution in [-0.2, 0) is 13.1 Å². The minimum atomic E-state index is -0.591. The van der Waals surface area contributed by atoms with E-state index in [0.717, 1.165) is 35.7 Å². The van der Waals surface area contributed by atoms with Gasteiger partial charge in [0.25, 0.3) is 0 Å². The first-order valence-corrected chi connectivity index (χ1v) is 11.3. The van der Waals surface area contributed by atoms with Crippen LogP contribution in [0, 0.1) is 13.8 Å². The molecule has 1 fully saturated rings. The Labute approximate surface area is 190 Å². The number of hydrogen-bond acceptors (Lipinski definition) is 5. The quantitative estimate of drug-likeness (QED) is 0.505. The van der Waals surface area contributed by atoms with E-state index >= 15 is 0 Å². The molecule has 0 unspecified atom stereocenters.